The van der Waals surface area contributed by atoms with Gasteiger partial charge in [0.1, 0.15) is 0 Å². The maximum atomic E-state index is 3.48. The van der Waals surface area contributed by atoms with Crippen LogP contribution in [0.5, 0.6) is 0 Å². The number of rotatable bonds is 8. The first-order chi connectivity index (χ1) is 8.18. The molecular weight excluding hydrogens is 226 g/mol. The van der Waals surface area contributed by atoms with Crippen molar-refractivity contribution in [2.75, 3.05) is 18.8 Å². The number of unbranched alkanes of at least 4 members (excludes halogenated alkanes) is 1. The number of benzene rings is 1. The second-order valence-electron chi connectivity index (χ2n) is 4.97. The zero-order chi connectivity index (χ0) is 12.5. The lowest BCUT2D eigenvalue weighted by molar-refractivity contribution is 0.541. The van der Waals surface area contributed by atoms with Gasteiger partial charge in [-0.15, -0.1) is 11.8 Å². The SMILES string of the molecule is Cc1cccc(SCCCCNCC(C)C)c1. The molecule has 0 spiro atoms. The van der Waals surface area contributed by atoms with Crippen LogP contribution in [0.2, 0.25) is 0 Å². The highest BCUT2D eigenvalue weighted by Crippen LogP contribution is 2.19. The van der Waals surface area contributed by atoms with E-state index in [-0.39, 0.29) is 0 Å². The van der Waals surface area contributed by atoms with Gasteiger partial charge in [-0.3, -0.25) is 0 Å². The molecule has 0 amide bonds. The zero-order valence-corrected chi connectivity index (χ0v) is 12.1. The van der Waals surface area contributed by atoms with Crippen molar-refractivity contribution < 1.29 is 0 Å². The highest BCUT2D eigenvalue weighted by molar-refractivity contribution is 7.99. The third kappa shape index (κ3) is 7.45. The molecule has 0 aliphatic rings. The molecule has 96 valence electrons. The van der Waals surface area contributed by atoms with Gasteiger partial charge in [-0.1, -0.05) is 31.5 Å². The Morgan fingerprint density at radius 3 is 2.76 bits per heavy atom. The molecule has 0 aromatic heterocycles. The van der Waals surface area contributed by atoms with Gasteiger partial charge in [0.05, 0.1) is 0 Å². The fourth-order valence-electron chi connectivity index (χ4n) is 1.64. The van der Waals surface area contributed by atoms with Crippen LogP contribution in [0, 0.1) is 12.8 Å². The normalized spacial score (nSPS) is 11.1. The van der Waals surface area contributed by atoms with Crippen molar-refractivity contribution >= 4 is 11.8 Å². The third-order valence-corrected chi connectivity index (χ3v) is 3.64. The summed E-state index contributed by atoms with van der Waals surface area (Å²) in [5, 5.41) is 3.48. The average Bonchev–Trinajstić information content (AvgIpc) is 2.27. The summed E-state index contributed by atoms with van der Waals surface area (Å²) >= 11 is 1.97. The van der Waals surface area contributed by atoms with Gasteiger partial charge in [-0.25, -0.2) is 0 Å². The smallest absolute Gasteiger partial charge is 0.00745 e. The second kappa shape index (κ2) is 8.60. The Morgan fingerprint density at radius 2 is 2.06 bits per heavy atom. The molecule has 1 aromatic rings. The van der Waals surface area contributed by atoms with Crippen LogP contribution in [0.1, 0.15) is 32.3 Å². The largest absolute Gasteiger partial charge is 0.316 e. The van der Waals surface area contributed by atoms with Gasteiger partial charge in [-0.05, 0) is 56.7 Å². The van der Waals surface area contributed by atoms with Crippen molar-refractivity contribution in [3.63, 3.8) is 0 Å². The summed E-state index contributed by atoms with van der Waals surface area (Å²) in [6.07, 6.45) is 2.58. The molecule has 1 aromatic carbocycles. The summed E-state index contributed by atoms with van der Waals surface area (Å²) in [4.78, 5) is 1.40. The molecule has 0 saturated carbocycles. The average molecular weight is 251 g/mol. The minimum atomic E-state index is 0.761. The van der Waals surface area contributed by atoms with Crippen LogP contribution < -0.4 is 5.32 Å². The Balaban J connectivity index is 2.01. The van der Waals surface area contributed by atoms with E-state index >= 15 is 0 Å². The molecule has 0 fully saturated rings. The first-order valence-corrected chi connectivity index (χ1v) is 7.57. The number of nitrogens with one attached hydrogen (secondary N) is 1. The topological polar surface area (TPSA) is 12.0 Å². The first kappa shape index (κ1) is 14.6. The molecule has 0 aliphatic heterocycles. The van der Waals surface area contributed by atoms with Gasteiger partial charge in [0.15, 0.2) is 0 Å². The molecule has 0 aliphatic carbocycles. The molecule has 0 saturated heterocycles. The van der Waals surface area contributed by atoms with Crippen molar-refractivity contribution in [3.05, 3.63) is 29.8 Å². The summed E-state index contributed by atoms with van der Waals surface area (Å²) in [7, 11) is 0. The Labute approximate surface area is 110 Å². The fourth-order valence-corrected chi connectivity index (χ4v) is 2.67. The predicted octanol–water partition coefficient (Wildman–Crippen LogP) is 4.11. The summed E-state index contributed by atoms with van der Waals surface area (Å²) in [6, 6.07) is 8.76. The minimum Gasteiger partial charge on any atom is -0.316 e. The van der Waals surface area contributed by atoms with Crippen molar-refractivity contribution in [1.29, 1.82) is 0 Å². The maximum Gasteiger partial charge on any atom is 0.00745 e. The van der Waals surface area contributed by atoms with E-state index < -0.39 is 0 Å². The van der Waals surface area contributed by atoms with Gasteiger partial charge in [0.25, 0.3) is 0 Å². The van der Waals surface area contributed by atoms with Gasteiger partial charge in [0, 0.05) is 4.90 Å². The van der Waals surface area contributed by atoms with E-state index in [0.717, 1.165) is 19.0 Å². The van der Waals surface area contributed by atoms with Gasteiger partial charge >= 0.3 is 0 Å². The lowest BCUT2D eigenvalue weighted by Gasteiger charge is -2.07. The van der Waals surface area contributed by atoms with Gasteiger partial charge < -0.3 is 5.32 Å². The van der Waals surface area contributed by atoms with Crippen LogP contribution in [0.4, 0.5) is 0 Å². The lowest BCUT2D eigenvalue weighted by Crippen LogP contribution is -2.20. The molecule has 0 radical (unpaired) electrons. The van der Waals surface area contributed by atoms with Crippen LogP contribution in [0.25, 0.3) is 0 Å². The number of hydrogen-bond donors (Lipinski definition) is 1. The Hall–Kier alpha value is -0.470. The van der Waals surface area contributed by atoms with E-state index in [1.807, 2.05) is 11.8 Å². The molecule has 17 heavy (non-hydrogen) atoms. The van der Waals surface area contributed by atoms with Gasteiger partial charge in [0.2, 0.25) is 0 Å². The number of thioether (sulfide) groups is 1. The highest BCUT2D eigenvalue weighted by atomic mass is 32.2. The van der Waals surface area contributed by atoms with E-state index in [1.54, 1.807) is 0 Å². The van der Waals surface area contributed by atoms with E-state index in [1.165, 1.54) is 29.1 Å². The molecule has 1 nitrogen and oxygen atoms in total. The Kier molecular flexibility index (Phi) is 7.38. The number of aryl methyl sites for hydroxylation is 1. The van der Waals surface area contributed by atoms with Crippen molar-refractivity contribution in [3.8, 4) is 0 Å². The number of hydrogen-bond acceptors (Lipinski definition) is 2. The van der Waals surface area contributed by atoms with Crippen molar-refractivity contribution in [2.24, 2.45) is 5.92 Å². The predicted molar refractivity (Wildman–Crippen MR) is 78.8 cm³/mol. The van der Waals surface area contributed by atoms with Crippen molar-refractivity contribution in [2.45, 2.75) is 38.5 Å². The molecular formula is C15H25NS. The summed E-state index contributed by atoms with van der Waals surface area (Å²) in [5.74, 6) is 1.99. The maximum absolute atomic E-state index is 3.48. The van der Waals surface area contributed by atoms with Crippen molar-refractivity contribution in [1.82, 2.24) is 5.32 Å². The molecule has 0 atom stereocenters. The minimum absolute atomic E-state index is 0.761. The highest BCUT2D eigenvalue weighted by Gasteiger charge is 1.95. The standard InChI is InChI=1S/C15H25NS/c1-13(2)12-16-9-4-5-10-17-15-8-6-7-14(3)11-15/h6-8,11,13,16H,4-5,9-10,12H2,1-3H3. The Bertz CT molecular complexity index is 310. The van der Waals surface area contributed by atoms with Crippen LogP contribution in [-0.4, -0.2) is 18.8 Å². The summed E-state index contributed by atoms with van der Waals surface area (Å²) in [5.41, 5.74) is 1.36. The van der Waals surface area contributed by atoms with Crippen LogP contribution in [0.15, 0.2) is 29.2 Å². The Morgan fingerprint density at radius 1 is 1.24 bits per heavy atom. The molecule has 2 heteroatoms. The van der Waals surface area contributed by atoms with Crippen LogP contribution in [-0.2, 0) is 0 Å². The molecule has 0 unspecified atom stereocenters. The third-order valence-electron chi connectivity index (χ3n) is 2.56. The second-order valence-corrected chi connectivity index (χ2v) is 6.14. The first-order valence-electron chi connectivity index (χ1n) is 6.58. The molecule has 1 N–H and O–H groups in total. The molecule has 0 heterocycles. The summed E-state index contributed by atoms with van der Waals surface area (Å²) in [6.45, 7) is 8.96. The monoisotopic (exact) mass is 251 g/mol. The quantitative estimate of drug-likeness (QED) is 0.551. The van der Waals surface area contributed by atoms with Gasteiger partial charge in [-0.2, -0.15) is 0 Å². The molecule has 1 rings (SSSR count). The van der Waals surface area contributed by atoms with E-state index in [9.17, 15) is 0 Å². The lowest BCUT2D eigenvalue weighted by atomic mass is 10.2. The van der Waals surface area contributed by atoms with Crippen LogP contribution >= 0.6 is 11.8 Å². The zero-order valence-electron chi connectivity index (χ0n) is 11.3. The van der Waals surface area contributed by atoms with E-state index in [0.29, 0.717) is 0 Å². The van der Waals surface area contributed by atoms with E-state index in [4.69, 9.17) is 0 Å². The fraction of sp³-hybridized carbons (Fsp3) is 0.600. The van der Waals surface area contributed by atoms with E-state index in [2.05, 4.69) is 50.4 Å². The summed E-state index contributed by atoms with van der Waals surface area (Å²) < 4.78 is 0. The molecule has 0 bridgehead atoms. The van der Waals surface area contributed by atoms with Crippen LogP contribution in [0.3, 0.4) is 0 Å².